The van der Waals surface area contributed by atoms with Crippen LogP contribution in [0.2, 0.25) is 10.0 Å². The van der Waals surface area contributed by atoms with Gasteiger partial charge in [0.1, 0.15) is 16.3 Å². The molecule has 0 spiro atoms. The number of nitrogens with zero attached hydrogens (tertiary/aromatic N) is 2. The highest BCUT2D eigenvalue weighted by molar-refractivity contribution is 7.81. The smallest absolute Gasteiger partial charge is 0.449 e. The van der Waals surface area contributed by atoms with Gasteiger partial charge in [0, 0.05) is 11.1 Å². The van der Waals surface area contributed by atoms with Crippen LogP contribution < -0.4 is 0 Å². The summed E-state index contributed by atoms with van der Waals surface area (Å²) in [6.45, 7) is 0. The number of phenols is 1. The number of benzene rings is 2. The third-order valence-corrected chi connectivity index (χ3v) is 3.22. The van der Waals surface area contributed by atoms with E-state index in [1.165, 1.54) is 30.3 Å². The number of phenolic OH excluding ortho intramolecular Hbond substituents is 1. The molecule has 2 N–H and O–H groups in total. The van der Waals surface area contributed by atoms with Gasteiger partial charge in [0.15, 0.2) is 4.98 Å². The third kappa shape index (κ3) is 6.39. The molecule has 2 aromatic carbocycles. The SMILES string of the molecule is N#[N+]c1ccc(Cl)cc1Cl.O=C(OS(=O)(=O)O)c1ccccc1O. The van der Waals surface area contributed by atoms with Gasteiger partial charge in [-0.1, -0.05) is 35.3 Å². The van der Waals surface area contributed by atoms with Crippen molar-refractivity contribution in [3.63, 3.8) is 0 Å². The van der Waals surface area contributed by atoms with E-state index in [9.17, 15) is 13.2 Å². The molecule has 0 aliphatic carbocycles. The van der Waals surface area contributed by atoms with Crippen molar-refractivity contribution >= 4 is 45.3 Å². The Morgan fingerprint density at radius 2 is 1.79 bits per heavy atom. The monoisotopic (exact) mass is 391 g/mol. The minimum absolute atomic E-state index is 0.325. The van der Waals surface area contributed by atoms with Gasteiger partial charge in [-0.25, -0.2) is 4.79 Å². The van der Waals surface area contributed by atoms with Crippen molar-refractivity contribution in [2.24, 2.45) is 0 Å². The molecule has 0 amide bonds. The number of halogens is 2. The molecule has 8 nitrogen and oxygen atoms in total. The van der Waals surface area contributed by atoms with Gasteiger partial charge in [-0.2, -0.15) is 8.42 Å². The topological polar surface area (TPSA) is 129 Å². The molecule has 0 radical (unpaired) electrons. The van der Waals surface area contributed by atoms with E-state index >= 15 is 0 Å². The van der Waals surface area contributed by atoms with E-state index in [1.54, 1.807) is 6.07 Å². The normalized spacial score (nSPS) is 10.1. The first-order valence-electron chi connectivity index (χ1n) is 5.93. The molecule has 0 atom stereocenters. The highest BCUT2D eigenvalue weighted by Gasteiger charge is 2.18. The molecule has 0 fully saturated rings. The van der Waals surface area contributed by atoms with Crippen LogP contribution in [0.3, 0.4) is 0 Å². The molecule has 24 heavy (non-hydrogen) atoms. The molecule has 0 saturated carbocycles. The molecule has 0 saturated heterocycles. The van der Waals surface area contributed by atoms with Crippen molar-refractivity contribution < 1.29 is 27.1 Å². The number of hydrogen-bond donors (Lipinski definition) is 2. The van der Waals surface area contributed by atoms with E-state index in [0.717, 1.165) is 6.07 Å². The van der Waals surface area contributed by atoms with E-state index in [0.29, 0.717) is 15.7 Å². The Balaban J connectivity index is 0.000000254. The molecule has 0 aliphatic heterocycles. The van der Waals surface area contributed by atoms with E-state index in [2.05, 4.69) is 9.16 Å². The summed E-state index contributed by atoms with van der Waals surface area (Å²) in [5.41, 5.74) is -0.0174. The first-order chi connectivity index (χ1) is 11.1. The van der Waals surface area contributed by atoms with Crippen molar-refractivity contribution in [3.8, 4) is 5.75 Å². The molecule has 0 aromatic heterocycles. The van der Waals surface area contributed by atoms with Gasteiger partial charge < -0.3 is 9.29 Å². The zero-order valence-electron chi connectivity index (χ0n) is 11.6. The molecule has 126 valence electrons. The quantitative estimate of drug-likeness (QED) is 0.587. The van der Waals surface area contributed by atoms with Crippen LogP contribution in [0.4, 0.5) is 5.69 Å². The second kappa shape index (κ2) is 8.47. The predicted octanol–water partition coefficient (Wildman–Crippen LogP) is 3.83. The molecule has 0 heterocycles. The van der Waals surface area contributed by atoms with Gasteiger partial charge in [0.05, 0.1) is 0 Å². The van der Waals surface area contributed by atoms with Crippen LogP contribution in [0.15, 0.2) is 42.5 Å². The molecule has 2 rings (SSSR count). The van der Waals surface area contributed by atoms with Crippen LogP contribution >= 0.6 is 23.2 Å². The Labute approximate surface area is 146 Å². The van der Waals surface area contributed by atoms with Crippen molar-refractivity contribution in [2.45, 2.75) is 0 Å². The van der Waals surface area contributed by atoms with Crippen molar-refractivity contribution in [3.05, 3.63) is 63.0 Å². The standard InChI is InChI=1S/C7H6O6S.C6H3Cl2N2/c8-6-4-2-1-3-5(6)7(9)13-14(10,11)12;7-4-1-2-6(10-9)5(8)3-4/h1-4,8H,(H,10,11,12);1-3H/q;+1. The number of carbonyl (C=O) groups is 1. The number of rotatable bonds is 2. The van der Waals surface area contributed by atoms with Gasteiger partial charge in [0.25, 0.3) is 0 Å². The fraction of sp³-hybridized carbons (Fsp3) is 0. The fourth-order valence-electron chi connectivity index (χ4n) is 1.35. The van der Waals surface area contributed by atoms with E-state index < -0.39 is 22.1 Å². The maximum Gasteiger partial charge on any atom is 0.449 e. The van der Waals surface area contributed by atoms with Gasteiger partial charge in [-0.05, 0) is 24.3 Å². The van der Waals surface area contributed by atoms with Gasteiger partial charge in [-0.3, -0.25) is 4.55 Å². The van der Waals surface area contributed by atoms with Crippen LogP contribution in [0.5, 0.6) is 5.75 Å². The first kappa shape index (κ1) is 19.7. The van der Waals surface area contributed by atoms with E-state index in [1.807, 2.05) is 0 Å². The molecule has 0 bridgehead atoms. The third-order valence-electron chi connectivity index (χ3n) is 2.32. The average Bonchev–Trinajstić information content (AvgIpc) is 2.46. The summed E-state index contributed by atoms with van der Waals surface area (Å²) >= 11 is 11.2. The Morgan fingerprint density at radius 3 is 2.29 bits per heavy atom. The minimum atomic E-state index is -4.85. The highest BCUT2D eigenvalue weighted by Crippen LogP contribution is 2.27. The Bertz CT molecular complexity index is 896. The Morgan fingerprint density at radius 1 is 1.17 bits per heavy atom. The number of hydrogen-bond acceptors (Lipinski definition) is 6. The van der Waals surface area contributed by atoms with Crippen molar-refractivity contribution in [1.82, 2.24) is 0 Å². The van der Waals surface area contributed by atoms with Crippen LogP contribution in [-0.2, 0) is 14.6 Å². The zero-order chi connectivity index (χ0) is 18.3. The predicted molar refractivity (Wildman–Crippen MR) is 86.3 cm³/mol. The van der Waals surface area contributed by atoms with Crippen LogP contribution in [0.25, 0.3) is 4.98 Å². The molecule has 11 heteroatoms. The maximum absolute atomic E-state index is 11.0. The first-order valence-corrected chi connectivity index (χ1v) is 8.05. The number of diazo groups is 1. The molecule has 0 unspecified atom stereocenters. The lowest BCUT2D eigenvalue weighted by atomic mass is 10.2. The Hall–Kier alpha value is -2.38. The lowest BCUT2D eigenvalue weighted by Crippen LogP contribution is -2.11. The van der Waals surface area contributed by atoms with E-state index in [-0.39, 0.29) is 5.56 Å². The largest absolute Gasteiger partial charge is 0.507 e. The van der Waals surface area contributed by atoms with Crippen molar-refractivity contribution in [2.75, 3.05) is 0 Å². The fourth-order valence-corrected chi connectivity index (χ4v) is 2.08. The number of para-hydroxylation sites is 1. The Kier molecular flexibility index (Phi) is 6.94. The molecule has 0 aliphatic rings. The second-order valence-electron chi connectivity index (χ2n) is 4.01. The highest BCUT2D eigenvalue weighted by atomic mass is 35.5. The van der Waals surface area contributed by atoms with Crippen LogP contribution in [0.1, 0.15) is 10.4 Å². The minimum Gasteiger partial charge on any atom is -0.507 e. The summed E-state index contributed by atoms with van der Waals surface area (Å²) in [4.78, 5) is 13.9. The van der Waals surface area contributed by atoms with Gasteiger partial charge >= 0.3 is 22.1 Å². The molecular formula is C13H9Cl2N2O6S+. The summed E-state index contributed by atoms with van der Waals surface area (Å²) in [5.74, 6) is -1.77. The summed E-state index contributed by atoms with van der Waals surface area (Å²) in [6.07, 6.45) is 0. The number of carbonyl (C=O) groups excluding carboxylic acids is 1. The summed E-state index contributed by atoms with van der Waals surface area (Å²) < 4.78 is 32.1. The average molecular weight is 392 g/mol. The molecule has 2 aromatic rings. The van der Waals surface area contributed by atoms with Gasteiger partial charge in [-0.15, -0.1) is 0 Å². The van der Waals surface area contributed by atoms with Crippen LogP contribution in [0, 0.1) is 5.39 Å². The second-order valence-corrected chi connectivity index (χ2v) is 5.88. The summed E-state index contributed by atoms with van der Waals surface area (Å²) in [6, 6.07) is 9.83. The lowest BCUT2D eigenvalue weighted by Gasteiger charge is -2.01. The zero-order valence-corrected chi connectivity index (χ0v) is 14.0. The lowest BCUT2D eigenvalue weighted by molar-refractivity contribution is 0.0724. The van der Waals surface area contributed by atoms with Crippen LogP contribution in [-0.4, -0.2) is 24.0 Å². The summed E-state index contributed by atoms with van der Waals surface area (Å²) in [7, 11) is -4.85. The maximum atomic E-state index is 11.0. The number of aromatic hydroxyl groups is 1. The van der Waals surface area contributed by atoms with Gasteiger partial charge in [0.2, 0.25) is 5.39 Å². The van der Waals surface area contributed by atoms with E-state index in [4.69, 9.17) is 38.3 Å². The van der Waals surface area contributed by atoms with Crippen molar-refractivity contribution in [1.29, 1.82) is 5.39 Å². The summed E-state index contributed by atoms with van der Waals surface area (Å²) in [5, 5.41) is 18.3. The molecular weight excluding hydrogens is 383 g/mol.